The zero-order chi connectivity index (χ0) is 11.3. The molecule has 0 saturated heterocycles. The van der Waals surface area contributed by atoms with Crippen LogP contribution in [-0.2, 0) is 12.6 Å². The molecule has 1 heterocycles. The first-order valence-corrected chi connectivity index (χ1v) is 5.50. The van der Waals surface area contributed by atoms with E-state index in [0.717, 1.165) is 18.8 Å². The molecule has 6 heteroatoms. The second-order valence-electron chi connectivity index (χ2n) is 2.96. The largest absolute Gasteiger partial charge is 1.00 e. The summed E-state index contributed by atoms with van der Waals surface area (Å²) in [7, 11) is 1.59. The molecule has 0 aliphatic rings. The molecule has 0 bridgehead atoms. The van der Waals surface area contributed by atoms with Gasteiger partial charge in [0, 0.05) is 12.6 Å². The van der Waals surface area contributed by atoms with Crippen LogP contribution in [0.5, 0.6) is 5.88 Å². The molecule has 16 heavy (non-hydrogen) atoms. The van der Waals surface area contributed by atoms with E-state index in [1.807, 2.05) is 17.0 Å². The molecule has 0 N–H and O–H groups in total. The van der Waals surface area contributed by atoms with Crippen LogP contribution in [0.2, 0.25) is 0 Å². The van der Waals surface area contributed by atoms with Crippen molar-refractivity contribution in [2.24, 2.45) is 0 Å². The molecule has 0 unspecified atom stereocenters. The molecule has 82 valence electrons. The zero-order valence-corrected chi connectivity index (χ0v) is 13.4. The number of methoxy groups -OCH3 is 1. The predicted molar refractivity (Wildman–Crippen MR) is 68.4 cm³/mol. The van der Waals surface area contributed by atoms with E-state index >= 15 is 0 Å². The minimum absolute atomic E-state index is 0. The van der Waals surface area contributed by atoms with E-state index in [1.165, 1.54) is 0 Å². The molecule has 0 aliphatic heterocycles. The Kier molecular flexibility index (Phi) is 8.23. The van der Waals surface area contributed by atoms with Crippen LogP contribution in [0.15, 0.2) is 18.2 Å². The van der Waals surface area contributed by atoms with Gasteiger partial charge >= 0.3 is 29.6 Å². The Hall–Kier alpha value is 0.0600. The second-order valence-corrected chi connectivity index (χ2v) is 3.99. The molecule has 0 spiro atoms. The molecule has 0 fully saturated rings. The van der Waals surface area contributed by atoms with Crippen molar-refractivity contribution in [3.05, 3.63) is 18.2 Å². The van der Waals surface area contributed by atoms with Crippen LogP contribution < -0.4 is 39.2 Å². The number of aromatic nitrogens is 1. The van der Waals surface area contributed by atoms with Crippen molar-refractivity contribution >= 4 is 35.0 Å². The molecular formula is C10H13N2NaOS2. The predicted octanol–water partition coefficient (Wildman–Crippen LogP) is -0.858. The van der Waals surface area contributed by atoms with Gasteiger partial charge in [0.25, 0.3) is 0 Å². The molecule has 0 amide bonds. The molecule has 0 aromatic carbocycles. The standard InChI is InChI=1S/C10H14N2OS2.Na/c1-3-7-12(10(14)15)8-5-4-6-9(11-8)13-2;/h4-6H,3,7H2,1-2H3,(H,14,15);/q;+1/p-1. The normalized spacial score (nSPS) is 9.12. The van der Waals surface area contributed by atoms with Crippen LogP contribution >= 0.6 is 12.2 Å². The van der Waals surface area contributed by atoms with Gasteiger partial charge in [-0.05, 0) is 12.5 Å². The first-order chi connectivity index (χ1) is 7.19. The molecule has 0 atom stereocenters. The van der Waals surface area contributed by atoms with Crippen molar-refractivity contribution in [2.75, 3.05) is 18.6 Å². The summed E-state index contributed by atoms with van der Waals surface area (Å²) in [6, 6.07) is 5.54. The van der Waals surface area contributed by atoms with Gasteiger partial charge in [0.1, 0.15) is 5.82 Å². The Morgan fingerprint density at radius 1 is 1.56 bits per heavy atom. The fraction of sp³-hybridized carbons (Fsp3) is 0.400. The summed E-state index contributed by atoms with van der Waals surface area (Å²) in [5.74, 6) is 1.32. The number of hydrogen-bond donors (Lipinski definition) is 0. The SMILES string of the molecule is CCCN(C(=S)[S-])c1cccc(OC)n1.[Na+]. The van der Waals surface area contributed by atoms with Gasteiger partial charge in [0.05, 0.1) is 7.11 Å². The van der Waals surface area contributed by atoms with Gasteiger partial charge in [0.2, 0.25) is 5.88 Å². The quantitative estimate of drug-likeness (QED) is 0.400. The van der Waals surface area contributed by atoms with Crippen molar-refractivity contribution < 1.29 is 34.3 Å². The van der Waals surface area contributed by atoms with Crippen molar-refractivity contribution in [3.8, 4) is 5.88 Å². The molecule has 1 aromatic rings. The fourth-order valence-corrected chi connectivity index (χ4v) is 1.56. The minimum atomic E-state index is 0. The Labute approximate surface area is 129 Å². The third kappa shape index (κ3) is 4.51. The van der Waals surface area contributed by atoms with Crippen molar-refractivity contribution in [2.45, 2.75) is 13.3 Å². The molecule has 0 saturated carbocycles. The maximum absolute atomic E-state index is 5.05. The number of nitrogens with zero attached hydrogens (tertiary/aromatic N) is 2. The third-order valence-electron chi connectivity index (χ3n) is 1.86. The van der Waals surface area contributed by atoms with Gasteiger partial charge in [-0.25, -0.2) is 0 Å². The van der Waals surface area contributed by atoms with E-state index in [-0.39, 0.29) is 29.6 Å². The second kappa shape index (κ2) is 8.20. The average molecular weight is 264 g/mol. The molecule has 1 aromatic heterocycles. The van der Waals surface area contributed by atoms with E-state index in [4.69, 9.17) is 29.6 Å². The fourth-order valence-electron chi connectivity index (χ4n) is 1.19. The van der Waals surface area contributed by atoms with Crippen LogP contribution in [-0.4, -0.2) is 23.0 Å². The summed E-state index contributed by atoms with van der Waals surface area (Å²) in [4.78, 5) is 6.11. The summed E-state index contributed by atoms with van der Waals surface area (Å²) >= 11 is 10.0. The summed E-state index contributed by atoms with van der Waals surface area (Å²) in [5, 5.41) is 0. The topological polar surface area (TPSA) is 25.4 Å². The van der Waals surface area contributed by atoms with Gasteiger partial charge in [0.15, 0.2) is 0 Å². The van der Waals surface area contributed by atoms with Gasteiger partial charge in [-0.2, -0.15) is 4.98 Å². The summed E-state index contributed by atoms with van der Waals surface area (Å²) in [6.45, 7) is 2.85. The summed E-state index contributed by atoms with van der Waals surface area (Å²) in [6.07, 6.45) is 0.968. The Balaban J connectivity index is 0.00000225. The number of pyridine rings is 1. The van der Waals surface area contributed by atoms with Crippen LogP contribution in [0, 0.1) is 0 Å². The first kappa shape index (κ1) is 16.1. The maximum Gasteiger partial charge on any atom is 1.00 e. The first-order valence-electron chi connectivity index (χ1n) is 4.68. The van der Waals surface area contributed by atoms with Crippen LogP contribution in [0.25, 0.3) is 0 Å². The van der Waals surface area contributed by atoms with Crippen molar-refractivity contribution in [3.63, 3.8) is 0 Å². The van der Waals surface area contributed by atoms with Gasteiger partial charge in [-0.1, -0.05) is 17.3 Å². The van der Waals surface area contributed by atoms with Crippen LogP contribution in [0.4, 0.5) is 5.82 Å². The Morgan fingerprint density at radius 3 is 2.75 bits per heavy atom. The maximum atomic E-state index is 5.05. The zero-order valence-electron chi connectivity index (χ0n) is 9.77. The monoisotopic (exact) mass is 264 g/mol. The molecular weight excluding hydrogens is 251 g/mol. The number of ether oxygens (including phenoxy) is 1. The van der Waals surface area contributed by atoms with Gasteiger partial charge in [-0.15, -0.1) is 0 Å². The number of thiocarbonyl (C=S) groups is 1. The summed E-state index contributed by atoms with van der Waals surface area (Å²) < 4.78 is 5.46. The van der Waals surface area contributed by atoms with Crippen LogP contribution in [0.3, 0.4) is 0 Å². The number of rotatable bonds is 4. The number of anilines is 1. The molecule has 3 nitrogen and oxygen atoms in total. The molecule has 1 rings (SSSR count). The number of hydrogen-bond acceptors (Lipinski definition) is 4. The molecule has 0 radical (unpaired) electrons. The molecule has 0 aliphatic carbocycles. The Bertz CT molecular complexity index is 349. The van der Waals surface area contributed by atoms with E-state index in [2.05, 4.69) is 11.9 Å². The van der Waals surface area contributed by atoms with E-state index in [9.17, 15) is 0 Å². The third-order valence-corrected chi connectivity index (χ3v) is 2.30. The van der Waals surface area contributed by atoms with Crippen molar-refractivity contribution in [1.29, 1.82) is 0 Å². The van der Waals surface area contributed by atoms with E-state index in [0.29, 0.717) is 10.2 Å². The van der Waals surface area contributed by atoms with Gasteiger partial charge < -0.3 is 34.5 Å². The van der Waals surface area contributed by atoms with Crippen LogP contribution in [0.1, 0.15) is 13.3 Å². The smallest absolute Gasteiger partial charge is 0.481 e. The minimum Gasteiger partial charge on any atom is -0.481 e. The van der Waals surface area contributed by atoms with E-state index in [1.54, 1.807) is 13.2 Å². The van der Waals surface area contributed by atoms with E-state index < -0.39 is 0 Å². The van der Waals surface area contributed by atoms with Crippen molar-refractivity contribution in [1.82, 2.24) is 4.98 Å². The van der Waals surface area contributed by atoms with Gasteiger partial charge in [-0.3, -0.25) is 0 Å². The Morgan fingerprint density at radius 2 is 2.25 bits per heavy atom. The average Bonchev–Trinajstić information content (AvgIpc) is 2.25. The summed E-state index contributed by atoms with van der Waals surface area (Å²) in [5.41, 5.74) is 0.